The van der Waals surface area contributed by atoms with Crippen LogP contribution in [0.5, 0.6) is 0 Å². The highest BCUT2D eigenvalue weighted by Crippen LogP contribution is 2.31. The third-order valence-corrected chi connectivity index (χ3v) is 3.23. The Kier molecular flexibility index (Phi) is 3.73. The fraction of sp³-hybridized carbons (Fsp3) is 0.615. The van der Waals surface area contributed by atoms with Crippen LogP contribution in [0, 0.1) is 0 Å². The Morgan fingerprint density at radius 2 is 2.47 bits per heavy atom. The van der Waals surface area contributed by atoms with E-state index in [1.54, 1.807) is 0 Å². The lowest BCUT2D eigenvalue weighted by atomic mass is 10.1. The van der Waals surface area contributed by atoms with Gasteiger partial charge in [0.25, 0.3) is 0 Å². The summed E-state index contributed by atoms with van der Waals surface area (Å²) in [5.74, 6) is 0. The van der Waals surface area contributed by atoms with Crippen molar-refractivity contribution in [2.45, 2.75) is 38.6 Å². The van der Waals surface area contributed by atoms with E-state index in [1.165, 1.54) is 44.3 Å². The van der Waals surface area contributed by atoms with Gasteiger partial charge in [-0.3, -0.25) is 9.88 Å². The van der Waals surface area contributed by atoms with Gasteiger partial charge in [0.05, 0.1) is 0 Å². The van der Waals surface area contributed by atoms with Crippen molar-refractivity contribution in [2.24, 2.45) is 0 Å². The maximum atomic E-state index is 4.22. The Balaban J connectivity index is 2.01. The molecule has 0 unspecified atom stereocenters. The summed E-state index contributed by atoms with van der Waals surface area (Å²) in [7, 11) is 0. The molecular formula is C13H20N2. The maximum absolute atomic E-state index is 4.22. The van der Waals surface area contributed by atoms with Crippen LogP contribution in [-0.4, -0.2) is 23.0 Å². The van der Waals surface area contributed by atoms with Crippen molar-refractivity contribution in [3.63, 3.8) is 0 Å². The second kappa shape index (κ2) is 5.26. The first kappa shape index (κ1) is 10.6. The van der Waals surface area contributed by atoms with Crippen molar-refractivity contribution in [3.05, 3.63) is 30.1 Å². The van der Waals surface area contributed by atoms with Gasteiger partial charge in [0.1, 0.15) is 0 Å². The smallest absolute Gasteiger partial charge is 0.0363 e. The van der Waals surface area contributed by atoms with E-state index in [9.17, 15) is 0 Å². The molecule has 0 amide bonds. The third-order valence-electron chi connectivity index (χ3n) is 3.23. The van der Waals surface area contributed by atoms with Crippen molar-refractivity contribution in [2.75, 3.05) is 13.1 Å². The van der Waals surface area contributed by atoms with Crippen LogP contribution in [0.1, 0.15) is 44.2 Å². The fourth-order valence-electron chi connectivity index (χ4n) is 2.41. The average Bonchev–Trinajstić information content (AvgIpc) is 2.75. The van der Waals surface area contributed by atoms with E-state index >= 15 is 0 Å². The molecule has 2 rings (SSSR count). The average molecular weight is 204 g/mol. The molecule has 1 aliphatic heterocycles. The highest BCUT2D eigenvalue weighted by Gasteiger charge is 2.24. The van der Waals surface area contributed by atoms with Gasteiger partial charge in [-0.1, -0.05) is 19.4 Å². The van der Waals surface area contributed by atoms with E-state index < -0.39 is 0 Å². The fourth-order valence-corrected chi connectivity index (χ4v) is 2.41. The normalized spacial score (nSPS) is 22.1. The summed E-state index contributed by atoms with van der Waals surface area (Å²) in [6.45, 7) is 4.77. The number of likely N-dealkylation sites (tertiary alicyclic amines) is 1. The van der Waals surface area contributed by atoms with Gasteiger partial charge in [-0.25, -0.2) is 0 Å². The van der Waals surface area contributed by atoms with E-state index in [0.717, 1.165) is 0 Å². The lowest BCUT2D eigenvalue weighted by Crippen LogP contribution is -2.24. The van der Waals surface area contributed by atoms with Crippen LogP contribution < -0.4 is 0 Å². The van der Waals surface area contributed by atoms with Gasteiger partial charge in [-0.15, -0.1) is 0 Å². The number of rotatable bonds is 4. The van der Waals surface area contributed by atoms with Crippen LogP contribution in [0.3, 0.4) is 0 Å². The monoisotopic (exact) mass is 204 g/mol. The van der Waals surface area contributed by atoms with Gasteiger partial charge in [0.15, 0.2) is 0 Å². The summed E-state index contributed by atoms with van der Waals surface area (Å²) >= 11 is 0. The minimum Gasteiger partial charge on any atom is -0.296 e. The van der Waals surface area contributed by atoms with Crippen molar-refractivity contribution >= 4 is 0 Å². The molecule has 0 bridgehead atoms. The lowest BCUT2D eigenvalue weighted by Gasteiger charge is -2.24. The minimum absolute atomic E-state index is 0.630. The summed E-state index contributed by atoms with van der Waals surface area (Å²) in [4.78, 5) is 6.83. The highest BCUT2D eigenvalue weighted by molar-refractivity contribution is 5.15. The number of pyridine rings is 1. The van der Waals surface area contributed by atoms with E-state index in [4.69, 9.17) is 0 Å². The van der Waals surface area contributed by atoms with Crippen LogP contribution >= 0.6 is 0 Å². The third kappa shape index (κ3) is 2.57. The molecule has 1 aromatic heterocycles. The highest BCUT2D eigenvalue weighted by atomic mass is 15.2. The molecule has 1 atom stereocenters. The second-order valence-corrected chi connectivity index (χ2v) is 4.33. The Morgan fingerprint density at radius 1 is 1.53 bits per heavy atom. The summed E-state index contributed by atoms with van der Waals surface area (Å²) in [5.41, 5.74) is 1.39. The Hall–Kier alpha value is -0.890. The molecular weight excluding hydrogens is 184 g/mol. The quantitative estimate of drug-likeness (QED) is 0.749. The standard InChI is InChI=1S/C13H20N2/c1-2-3-9-15-10-5-7-13(15)12-6-4-8-14-11-12/h4,6,8,11,13H,2-3,5,7,9-10H2,1H3/t13-/m0/s1. The van der Waals surface area contributed by atoms with Gasteiger partial charge >= 0.3 is 0 Å². The molecule has 0 N–H and O–H groups in total. The van der Waals surface area contributed by atoms with Crippen molar-refractivity contribution in [1.29, 1.82) is 0 Å². The minimum atomic E-state index is 0.630. The zero-order valence-corrected chi connectivity index (χ0v) is 9.52. The number of aromatic nitrogens is 1. The molecule has 2 heteroatoms. The first-order valence-corrected chi connectivity index (χ1v) is 6.06. The summed E-state index contributed by atoms with van der Waals surface area (Å²) in [6.07, 6.45) is 9.12. The van der Waals surface area contributed by atoms with Crippen LogP contribution in [-0.2, 0) is 0 Å². The zero-order chi connectivity index (χ0) is 10.5. The topological polar surface area (TPSA) is 16.1 Å². The van der Waals surface area contributed by atoms with E-state index in [2.05, 4.69) is 22.9 Å². The van der Waals surface area contributed by atoms with Crippen molar-refractivity contribution in [3.8, 4) is 0 Å². The molecule has 0 aliphatic carbocycles. The van der Waals surface area contributed by atoms with E-state index in [0.29, 0.717) is 6.04 Å². The van der Waals surface area contributed by atoms with E-state index in [-0.39, 0.29) is 0 Å². The van der Waals surface area contributed by atoms with Crippen LogP contribution in [0.25, 0.3) is 0 Å². The maximum Gasteiger partial charge on any atom is 0.0363 e. The van der Waals surface area contributed by atoms with Gasteiger partial charge < -0.3 is 0 Å². The lowest BCUT2D eigenvalue weighted by molar-refractivity contribution is 0.253. The Labute approximate surface area is 92.3 Å². The summed E-state index contributed by atoms with van der Waals surface area (Å²) < 4.78 is 0. The summed E-state index contributed by atoms with van der Waals surface area (Å²) in [6, 6.07) is 4.89. The number of unbranched alkanes of at least 4 members (excludes halogenated alkanes) is 1. The zero-order valence-electron chi connectivity index (χ0n) is 9.52. The van der Waals surface area contributed by atoms with Gasteiger partial charge in [0, 0.05) is 18.4 Å². The molecule has 2 nitrogen and oxygen atoms in total. The predicted molar refractivity (Wildman–Crippen MR) is 62.7 cm³/mol. The van der Waals surface area contributed by atoms with Crippen LogP contribution in [0.4, 0.5) is 0 Å². The molecule has 1 aromatic rings. The molecule has 0 saturated carbocycles. The number of hydrogen-bond donors (Lipinski definition) is 0. The first-order valence-electron chi connectivity index (χ1n) is 6.06. The van der Waals surface area contributed by atoms with E-state index in [1.807, 2.05) is 18.5 Å². The van der Waals surface area contributed by atoms with Gasteiger partial charge in [-0.05, 0) is 44.0 Å². The van der Waals surface area contributed by atoms with Crippen LogP contribution in [0.2, 0.25) is 0 Å². The van der Waals surface area contributed by atoms with Crippen LogP contribution in [0.15, 0.2) is 24.5 Å². The molecule has 1 saturated heterocycles. The molecule has 0 spiro atoms. The molecule has 15 heavy (non-hydrogen) atoms. The predicted octanol–water partition coefficient (Wildman–Crippen LogP) is 3.02. The Bertz CT molecular complexity index is 284. The molecule has 82 valence electrons. The molecule has 1 fully saturated rings. The van der Waals surface area contributed by atoms with Gasteiger partial charge in [-0.2, -0.15) is 0 Å². The van der Waals surface area contributed by atoms with Gasteiger partial charge in [0.2, 0.25) is 0 Å². The molecule has 0 radical (unpaired) electrons. The Morgan fingerprint density at radius 3 is 3.20 bits per heavy atom. The molecule has 0 aromatic carbocycles. The first-order chi connectivity index (χ1) is 7.42. The SMILES string of the molecule is CCCCN1CCC[C@H]1c1cccnc1. The molecule has 2 heterocycles. The largest absolute Gasteiger partial charge is 0.296 e. The number of nitrogens with zero attached hydrogens (tertiary/aromatic N) is 2. The second-order valence-electron chi connectivity index (χ2n) is 4.33. The summed E-state index contributed by atoms with van der Waals surface area (Å²) in [5, 5.41) is 0. The van der Waals surface area contributed by atoms with Crippen molar-refractivity contribution in [1.82, 2.24) is 9.88 Å². The number of hydrogen-bond acceptors (Lipinski definition) is 2. The molecule has 1 aliphatic rings. The van der Waals surface area contributed by atoms with Crippen molar-refractivity contribution < 1.29 is 0 Å².